The van der Waals surface area contributed by atoms with Crippen LogP contribution in [-0.2, 0) is 0 Å². The van der Waals surface area contributed by atoms with Gasteiger partial charge in [-0.15, -0.1) is 5.10 Å². The molecule has 1 aromatic carbocycles. The van der Waals surface area contributed by atoms with E-state index < -0.39 is 0 Å². The highest BCUT2D eigenvalue weighted by molar-refractivity contribution is 5.74. The third-order valence-corrected chi connectivity index (χ3v) is 3.98. The van der Waals surface area contributed by atoms with Gasteiger partial charge in [0.25, 0.3) is 5.95 Å². The molecular weight excluding hydrogens is 318 g/mol. The number of aromatic nitrogens is 7. The summed E-state index contributed by atoms with van der Waals surface area (Å²) in [6.45, 7) is 5.81. The average molecular weight is 335 g/mol. The van der Waals surface area contributed by atoms with Crippen LogP contribution in [0.1, 0.15) is 17.1 Å². The minimum atomic E-state index is 0.507. The summed E-state index contributed by atoms with van der Waals surface area (Å²) in [5, 5.41) is 12.9. The maximum Gasteiger partial charge on any atom is 0.253 e. The summed E-state index contributed by atoms with van der Waals surface area (Å²) in [5.74, 6) is 1.29. The molecule has 8 nitrogen and oxygen atoms in total. The van der Waals surface area contributed by atoms with Gasteiger partial charge in [-0.3, -0.25) is 0 Å². The number of fused-ring (bicyclic) bond motifs is 1. The lowest BCUT2D eigenvalue weighted by Crippen LogP contribution is -2.08. The molecule has 0 aliphatic carbocycles. The molecule has 4 aromatic rings. The quantitative estimate of drug-likeness (QED) is 0.571. The molecule has 0 aliphatic rings. The zero-order valence-electron chi connectivity index (χ0n) is 14.4. The Morgan fingerprint density at radius 3 is 2.36 bits per heavy atom. The molecule has 0 amide bonds. The third-order valence-electron chi connectivity index (χ3n) is 3.98. The van der Waals surface area contributed by atoms with Gasteiger partial charge in [-0.1, -0.05) is 5.21 Å². The van der Waals surface area contributed by atoms with Gasteiger partial charge in [0, 0.05) is 5.69 Å². The number of hydrogen-bond acceptors (Lipinski definition) is 6. The van der Waals surface area contributed by atoms with E-state index in [4.69, 9.17) is 4.74 Å². The molecule has 0 radical (unpaired) electrons. The Hall–Kier alpha value is -3.29. The summed E-state index contributed by atoms with van der Waals surface area (Å²) in [6, 6.07) is 9.56. The Labute approximate surface area is 144 Å². The third kappa shape index (κ3) is 2.51. The molecule has 0 N–H and O–H groups in total. The summed E-state index contributed by atoms with van der Waals surface area (Å²) in [5.41, 5.74) is 4.80. The van der Waals surface area contributed by atoms with Crippen LogP contribution in [0, 0.1) is 20.8 Å². The van der Waals surface area contributed by atoms with Crippen LogP contribution < -0.4 is 4.74 Å². The first-order valence-corrected chi connectivity index (χ1v) is 7.85. The van der Waals surface area contributed by atoms with E-state index in [1.165, 1.54) is 0 Å². The van der Waals surface area contributed by atoms with Crippen LogP contribution in [0.3, 0.4) is 0 Å². The summed E-state index contributed by atoms with van der Waals surface area (Å²) in [6.07, 6.45) is 0. The van der Waals surface area contributed by atoms with Crippen LogP contribution in [0.15, 0.2) is 30.3 Å². The van der Waals surface area contributed by atoms with Gasteiger partial charge < -0.3 is 4.74 Å². The van der Waals surface area contributed by atoms with Gasteiger partial charge in [-0.05, 0) is 51.1 Å². The molecule has 0 saturated carbocycles. The predicted molar refractivity (Wildman–Crippen MR) is 92.3 cm³/mol. The van der Waals surface area contributed by atoms with Crippen molar-refractivity contribution >= 4 is 11.2 Å². The van der Waals surface area contributed by atoms with Gasteiger partial charge in [0.05, 0.1) is 24.2 Å². The minimum absolute atomic E-state index is 0.507. The second kappa shape index (κ2) is 5.66. The van der Waals surface area contributed by atoms with Crippen LogP contribution in [0.2, 0.25) is 0 Å². The fourth-order valence-corrected chi connectivity index (χ4v) is 2.76. The van der Waals surface area contributed by atoms with E-state index in [2.05, 4.69) is 25.4 Å². The molecule has 25 heavy (non-hydrogen) atoms. The first-order valence-electron chi connectivity index (χ1n) is 7.85. The lowest BCUT2D eigenvalue weighted by Gasteiger charge is -2.06. The molecule has 8 heteroatoms. The molecule has 0 unspecified atom stereocenters. The van der Waals surface area contributed by atoms with Gasteiger partial charge in [0.1, 0.15) is 5.75 Å². The maximum absolute atomic E-state index is 5.20. The highest BCUT2D eigenvalue weighted by atomic mass is 16.5. The fraction of sp³-hybridized carbons (Fsp3) is 0.235. The molecule has 0 bridgehead atoms. The lowest BCUT2D eigenvalue weighted by molar-refractivity contribution is 0.414. The van der Waals surface area contributed by atoms with Crippen LogP contribution in [0.4, 0.5) is 0 Å². The lowest BCUT2D eigenvalue weighted by atomic mass is 10.3. The van der Waals surface area contributed by atoms with Crippen LogP contribution in [-0.4, -0.2) is 41.9 Å². The normalized spacial score (nSPS) is 11.2. The van der Waals surface area contributed by atoms with Crippen LogP contribution >= 0.6 is 0 Å². The van der Waals surface area contributed by atoms with Crippen molar-refractivity contribution in [3.05, 3.63) is 47.4 Å². The van der Waals surface area contributed by atoms with E-state index in [-0.39, 0.29) is 0 Å². The first-order chi connectivity index (χ1) is 12.1. The van der Waals surface area contributed by atoms with Crippen molar-refractivity contribution in [2.24, 2.45) is 0 Å². The van der Waals surface area contributed by atoms with Gasteiger partial charge >= 0.3 is 0 Å². The molecule has 126 valence electrons. The number of nitrogens with zero attached hydrogens (tertiary/aromatic N) is 7. The SMILES string of the molecule is COc1ccc(-n2nnc3c(C)nc(-n4nc(C)cc4C)nc32)cc1. The van der Waals surface area contributed by atoms with Gasteiger partial charge in [0.15, 0.2) is 11.2 Å². The second-order valence-corrected chi connectivity index (χ2v) is 5.82. The monoisotopic (exact) mass is 335 g/mol. The standard InChI is InChI=1S/C17H17N7O/c1-10-9-11(2)23(21-10)17-18-12(3)15-16(19-17)24(22-20-15)13-5-7-14(25-4)8-6-13/h5-9H,1-4H3. The van der Waals surface area contributed by atoms with Crippen LogP contribution in [0.5, 0.6) is 5.75 Å². The molecule has 4 rings (SSSR count). The molecule has 0 aliphatic heterocycles. The van der Waals surface area contributed by atoms with E-state index in [0.717, 1.165) is 28.5 Å². The molecule has 0 saturated heterocycles. The van der Waals surface area contributed by atoms with Crippen molar-refractivity contribution in [2.45, 2.75) is 20.8 Å². The molecule has 3 aromatic heterocycles. The van der Waals surface area contributed by atoms with Crippen molar-refractivity contribution < 1.29 is 4.74 Å². The van der Waals surface area contributed by atoms with Gasteiger partial charge in [-0.2, -0.15) is 14.8 Å². The predicted octanol–water partition coefficient (Wildman–Crippen LogP) is 2.33. The number of methoxy groups -OCH3 is 1. The van der Waals surface area contributed by atoms with E-state index >= 15 is 0 Å². The minimum Gasteiger partial charge on any atom is -0.497 e. The number of ether oxygens (including phenoxy) is 1. The summed E-state index contributed by atoms with van der Waals surface area (Å²) < 4.78 is 8.63. The van der Waals surface area contributed by atoms with E-state index in [9.17, 15) is 0 Å². The number of benzene rings is 1. The number of rotatable bonds is 3. The molecular formula is C17H17N7O. The first kappa shape index (κ1) is 15.3. The number of hydrogen-bond donors (Lipinski definition) is 0. The van der Waals surface area contributed by atoms with Gasteiger partial charge in [-0.25, -0.2) is 9.67 Å². The van der Waals surface area contributed by atoms with E-state index in [1.54, 1.807) is 16.5 Å². The van der Waals surface area contributed by atoms with Crippen molar-refractivity contribution in [3.8, 4) is 17.4 Å². The zero-order chi connectivity index (χ0) is 17.6. The maximum atomic E-state index is 5.20. The fourth-order valence-electron chi connectivity index (χ4n) is 2.76. The summed E-state index contributed by atoms with van der Waals surface area (Å²) in [7, 11) is 1.64. The zero-order valence-corrected chi connectivity index (χ0v) is 14.4. The Morgan fingerprint density at radius 2 is 1.72 bits per heavy atom. The van der Waals surface area contributed by atoms with Gasteiger partial charge in [0.2, 0.25) is 0 Å². The Kier molecular flexibility index (Phi) is 3.45. The molecule has 0 spiro atoms. The highest BCUT2D eigenvalue weighted by Gasteiger charge is 2.16. The van der Waals surface area contributed by atoms with E-state index in [1.807, 2.05) is 51.1 Å². The average Bonchev–Trinajstić information content (AvgIpc) is 3.18. The summed E-state index contributed by atoms with van der Waals surface area (Å²) in [4.78, 5) is 9.19. The topological polar surface area (TPSA) is 83.5 Å². The van der Waals surface area contributed by atoms with E-state index in [0.29, 0.717) is 17.1 Å². The Bertz CT molecular complexity index is 1060. The van der Waals surface area contributed by atoms with Crippen molar-refractivity contribution in [3.63, 3.8) is 0 Å². The second-order valence-electron chi connectivity index (χ2n) is 5.82. The van der Waals surface area contributed by atoms with Crippen molar-refractivity contribution in [2.75, 3.05) is 7.11 Å². The molecule has 3 heterocycles. The van der Waals surface area contributed by atoms with Crippen molar-refractivity contribution in [1.29, 1.82) is 0 Å². The Morgan fingerprint density at radius 1 is 0.960 bits per heavy atom. The Balaban J connectivity index is 1.90. The smallest absolute Gasteiger partial charge is 0.253 e. The summed E-state index contributed by atoms with van der Waals surface area (Å²) >= 11 is 0. The highest BCUT2D eigenvalue weighted by Crippen LogP contribution is 2.20. The molecule has 0 atom stereocenters. The largest absolute Gasteiger partial charge is 0.497 e. The van der Waals surface area contributed by atoms with Crippen LogP contribution in [0.25, 0.3) is 22.8 Å². The number of aryl methyl sites for hydroxylation is 3. The van der Waals surface area contributed by atoms with Crippen molar-refractivity contribution in [1.82, 2.24) is 34.7 Å². The molecule has 0 fully saturated rings.